The SMILES string of the molecule is S=C(NC1CCCCC1)N1CCc2c([n-]c3ccc(Br)cc23)C1Cc1ccc(Cl)cc1Cl.[Li+]. The van der Waals surface area contributed by atoms with Crippen LogP contribution in [0.25, 0.3) is 10.9 Å². The summed E-state index contributed by atoms with van der Waals surface area (Å²) in [6.07, 6.45) is 7.94. The summed E-state index contributed by atoms with van der Waals surface area (Å²) >= 11 is 22.3. The molecule has 0 radical (unpaired) electrons. The van der Waals surface area contributed by atoms with Gasteiger partial charge in [0, 0.05) is 33.1 Å². The summed E-state index contributed by atoms with van der Waals surface area (Å²) in [5, 5.41) is 7.08. The van der Waals surface area contributed by atoms with Gasteiger partial charge < -0.3 is 15.2 Å². The van der Waals surface area contributed by atoms with E-state index < -0.39 is 0 Å². The maximum atomic E-state index is 6.58. The first-order valence-corrected chi connectivity index (χ1v) is 13.2. The Morgan fingerprint density at radius 2 is 1.91 bits per heavy atom. The molecule has 2 heterocycles. The Balaban J connectivity index is 0.00000259. The number of hydrogen-bond donors (Lipinski definition) is 1. The van der Waals surface area contributed by atoms with Gasteiger partial charge >= 0.3 is 18.9 Å². The minimum atomic E-state index is 0. The Bertz CT molecular complexity index is 1160. The second kappa shape index (κ2) is 10.9. The summed E-state index contributed by atoms with van der Waals surface area (Å²) < 4.78 is 1.08. The number of nitrogens with one attached hydrogen (secondary N) is 1. The molecule has 33 heavy (non-hydrogen) atoms. The van der Waals surface area contributed by atoms with Gasteiger partial charge in [0.15, 0.2) is 5.11 Å². The fourth-order valence-corrected chi connectivity index (χ4v) is 6.34. The normalized spacial score (nSPS) is 18.6. The summed E-state index contributed by atoms with van der Waals surface area (Å²) in [5.41, 5.74) is 4.54. The van der Waals surface area contributed by atoms with Crippen LogP contribution in [0.15, 0.2) is 40.9 Å². The number of thiocarbonyl (C=S) groups is 1. The van der Waals surface area contributed by atoms with Crippen molar-refractivity contribution in [2.75, 3.05) is 6.54 Å². The second-order valence-electron chi connectivity index (χ2n) is 8.82. The van der Waals surface area contributed by atoms with Gasteiger partial charge in [-0.2, -0.15) is 0 Å². The van der Waals surface area contributed by atoms with Crippen LogP contribution >= 0.6 is 51.3 Å². The van der Waals surface area contributed by atoms with E-state index >= 15 is 0 Å². The van der Waals surface area contributed by atoms with Gasteiger partial charge in [-0.25, -0.2) is 0 Å². The molecule has 2 aliphatic rings. The average Bonchev–Trinajstić information content (AvgIpc) is 3.14. The molecule has 1 atom stereocenters. The van der Waals surface area contributed by atoms with E-state index in [1.807, 2.05) is 18.2 Å². The van der Waals surface area contributed by atoms with E-state index in [-0.39, 0.29) is 24.9 Å². The quantitative estimate of drug-likeness (QED) is 0.386. The molecule has 0 amide bonds. The summed E-state index contributed by atoms with van der Waals surface area (Å²) in [5.74, 6) is 0. The molecule has 1 aromatic heterocycles. The third-order valence-corrected chi connectivity index (χ3v) is 8.18. The van der Waals surface area contributed by atoms with Crippen molar-refractivity contribution in [1.29, 1.82) is 0 Å². The Hall–Kier alpha value is -0.673. The van der Waals surface area contributed by atoms with Crippen LogP contribution in [0.5, 0.6) is 0 Å². The predicted molar refractivity (Wildman–Crippen MR) is 141 cm³/mol. The van der Waals surface area contributed by atoms with Crippen LogP contribution in [-0.4, -0.2) is 22.6 Å². The van der Waals surface area contributed by atoms with Crippen LogP contribution < -0.4 is 29.2 Å². The van der Waals surface area contributed by atoms with E-state index in [0.717, 1.165) is 45.7 Å². The third kappa shape index (κ3) is 5.45. The van der Waals surface area contributed by atoms with Crippen molar-refractivity contribution >= 4 is 67.4 Å². The molecule has 8 heteroatoms. The second-order valence-corrected chi connectivity index (χ2v) is 11.0. The molecule has 1 saturated carbocycles. The maximum absolute atomic E-state index is 6.58. The van der Waals surface area contributed by atoms with Crippen LogP contribution in [-0.2, 0) is 12.8 Å². The van der Waals surface area contributed by atoms with E-state index in [0.29, 0.717) is 16.1 Å². The van der Waals surface area contributed by atoms with Crippen LogP contribution in [0.4, 0.5) is 0 Å². The summed E-state index contributed by atoms with van der Waals surface area (Å²) in [4.78, 5) is 7.41. The molecular weight excluding hydrogens is 532 g/mol. The molecule has 3 aromatic rings. The van der Waals surface area contributed by atoms with Crippen LogP contribution in [0, 0.1) is 0 Å². The van der Waals surface area contributed by atoms with Gasteiger partial charge in [-0.3, -0.25) is 0 Å². The van der Waals surface area contributed by atoms with E-state index in [9.17, 15) is 0 Å². The Morgan fingerprint density at radius 3 is 2.67 bits per heavy atom. The summed E-state index contributed by atoms with van der Waals surface area (Å²) in [6, 6.07) is 12.6. The zero-order valence-electron chi connectivity index (χ0n) is 18.7. The Kier molecular flexibility index (Phi) is 8.43. The fourth-order valence-electron chi connectivity index (χ4n) is 5.11. The predicted octanol–water partition coefficient (Wildman–Crippen LogP) is 4.22. The van der Waals surface area contributed by atoms with Crippen molar-refractivity contribution in [3.05, 3.63) is 67.7 Å². The Labute approximate surface area is 231 Å². The van der Waals surface area contributed by atoms with Gasteiger partial charge in [0.2, 0.25) is 0 Å². The molecule has 1 unspecified atom stereocenters. The van der Waals surface area contributed by atoms with Crippen molar-refractivity contribution in [2.45, 2.75) is 57.0 Å². The van der Waals surface area contributed by atoms with Crippen molar-refractivity contribution in [2.24, 2.45) is 0 Å². The molecular formula is C25H25BrCl2LiN3S. The van der Waals surface area contributed by atoms with Gasteiger partial charge in [0.05, 0.1) is 0 Å². The van der Waals surface area contributed by atoms with Gasteiger partial charge in [0.1, 0.15) is 0 Å². The van der Waals surface area contributed by atoms with Crippen molar-refractivity contribution in [3.8, 4) is 0 Å². The molecule has 1 N–H and O–H groups in total. The van der Waals surface area contributed by atoms with Gasteiger partial charge in [-0.15, -0.1) is 11.2 Å². The molecule has 0 saturated heterocycles. The molecule has 168 valence electrons. The maximum Gasteiger partial charge on any atom is 1.00 e. The van der Waals surface area contributed by atoms with Crippen molar-refractivity contribution in [1.82, 2.24) is 15.2 Å². The molecule has 1 aliphatic heterocycles. The van der Waals surface area contributed by atoms with Crippen molar-refractivity contribution in [3.63, 3.8) is 0 Å². The Morgan fingerprint density at radius 1 is 1.12 bits per heavy atom. The smallest absolute Gasteiger partial charge is 0.659 e. The van der Waals surface area contributed by atoms with E-state index in [4.69, 9.17) is 40.4 Å². The molecule has 0 bridgehead atoms. The molecule has 0 spiro atoms. The third-order valence-electron chi connectivity index (χ3n) is 6.75. The number of rotatable bonds is 3. The van der Waals surface area contributed by atoms with Crippen molar-refractivity contribution < 1.29 is 18.9 Å². The van der Waals surface area contributed by atoms with Crippen LogP contribution in [0.3, 0.4) is 0 Å². The van der Waals surface area contributed by atoms with E-state index in [1.165, 1.54) is 43.1 Å². The van der Waals surface area contributed by atoms with Gasteiger partial charge in [-0.1, -0.05) is 76.1 Å². The topological polar surface area (TPSA) is 29.4 Å². The standard InChI is InChI=1S/C25H25BrCl2N3S.Li/c26-16-7-9-22-20(13-16)19-10-11-31(25(32)29-18-4-2-1-3-5-18)23(24(19)30-22)12-15-6-8-17(27)14-21(15)28;/h6-9,13-14,18,23H,1-5,10-12H2,(H,29,32);/q-1;+1. The zero-order valence-corrected chi connectivity index (χ0v) is 22.6. The number of aromatic nitrogens is 1. The number of nitrogens with zero attached hydrogens (tertiary/aromatic N) is 2. The van der Waals surface area contributed by atoms with Crippen LogP contribution in [0.1, 0.15) is 55.0 Å². The monoisotopic (exact) mass is 555 g/mol. The zero-order chi connectivity index (χ0) is 22.2. The largest absolute Gasteiger partial charge is 1.00 e. The first-order valence-electron chi connectivity index (χ1n) is 11.3. The number of benzene rings is 2. The molecule has 1 fully saturated rings. The molecule has 2 aromatic carbocycles. The first kappa shape index (κ1) is 25.4. The van der Waals surface area contributed by atoms with Crippen LogP contribution in [0.2, 0.25) is 10.0 Å². The molecule has 5 rings (SSSR count). The summed E-state index contributed by atoms with van der Waals surface area (Å²) in [7, 11) is 0. The van der Waals surface area contributed by atoms with Gasteiger partial charge in [-0.05, 0) is 73.1 Å². The minimum Gasteiger partial charge on any atom is -0.659 e. The first-order chi connectivity index (χ1) is 15.5. The summed E-state index contributed by atoms with van der Waals surface area (Å²) in [6.45, 7) is 0.870. The van der Waals surface area contributed by atoms with Gasteiger partial charge in [0.25, 0.3) is 0 Å². The molecule has 1 aliphatic carbocycles. The number of halogens is 3. The average molecular weight is 557 g/mol. The fraction of sp³-hybridized carbons (Fsp3) is 0.400. The molecule has 3 nitrogen and oxygen atoms in total. The number of fused-ring (bicyclic) bond motifs is 3. The number of hydrogen-bond acceptors (Lipinski definition) is 1. The van der Waals surface area contributed by atoms with E-state index in [2.05, 4.69) is 44.3 Å². The van der Waals surface area contributed by atoms with E-state index in [1.54, 1.807) is 0 Å². The minimum absolute atomic E-state index is 0.